The van der Waals surface area contributed by atoms with E-state index in [-0.39, 0.29) is 18.1 Å². The highest BCUT2D eigenvalue weighted by Crippen LogP contribution is 2.28. The van der Waals surface area contributed by atoms with E-state index in [1.165, 1.54) is 5.69 Å². The number of rotatable bonds is 3. The molecule has 7 nitrogen and oxygen atoms in total. The lowest BCUT2D eigenvalue weighted by molar-refractivity contribution is 0.0630. The first-order valence-corrected chi connectivity index (χ1v) is 9.36. The number of carbonyl (C=O) groups is 1. The van der Waals surface area contributed by atoms with Gasteiger partial charge < -0.3 is 19.1 Å². The molecule has 7 heteroatoms. The van der Waals surface area contributed by atoms with E-state index in [4.69, 9.17) is 4.52 Å². The third kappa shape index (κ3) is 3.17. The first-order valence-electron chi connectivity index (χ1n) is 9.36. The van der Waals surface area contributed by atoms with Gasteiger partial charge in [-0.2, -0.15) is 0 Å². The maximum absolute atomic E-state index is 12.9. The molecule has 26 heavy (non-hydrogen) atoms. The fraction of sp³-hybridized carbons (Fsp3) is 0.579. The monoisotopic (exact) mass is 358 g/mol. The van der Waals surface area contributed by atoms with Crippen molar-refractivity contribution < 1.29 is 14.4 Å². The molecule has 0 aromatic carbocycles. The number of aliphatic hydroxyl groups excluding tert-OH is 1. The molecule has 2 aliphatic rings. The summed E-state index contributed by atoms with van der Waals surface area (Å²) in [7, 11) is 0. The average molecular weight is 358 g/mol. The van der Waals surface area contributed by atoms with E-state index >= 15 is 0 Å². The second-order valence-electron chi connectivity index (χ2n) is 7.41. The Balaban J connectivity index is 1.43. The summed E-state index contributed by atoms with van der Waals surface area (Å²) in [4.78, 5) is 17.0. The Hall–Kier alpha value is -2.12. The van der Waals surface area contributed by atoms with E-state index in [1.807, 2.05) is 4.90 Å². The van der Waals surface area contributed by atoms with Crippen molar-refractivity contribution in [2.45, 2.75) is 51.9 Å². The van der Waals surface area contributed by atoms with Crippen molar-refractivity contribution in [3.05, 3.63) is 41.0 Å². The van der Waals surface area contributed by atoms with Crippen LogP contribution in [-0.2, 0) is 13.1 Å². The number of amides is 1. The lowest BCUT2D eigenvalue weighted by Gasteiger charge is -2.35. The number of aliphatic hydroxyl groups is 1. The van der Waals surface area contributed by atoms with Gasteiger partial charge in [-0.3, -0.25) is 9.69 Å². The molecule has 0 spiro atoms. The number of fused-ring (bicyclic) bond motifs is 1. The van der Waals surface area contributed by atoms with E-state index in [2.05, 4.69) is 40.6 Å². The zero-order chi connectivity index (χ0) is 18.3. The summed E-state index contributed by atoms with van der Waals surface area (Å²) in [6.45, 7) is 7.94. The van der Waals surface area contributed by atoms with Gasteiger partial charge in [0.15, 0.2) is 11.5 Å². The maximum Gasteiger partial charge on any atom is 0.276 e. The maximum atomic E-state index is 12.9. The highest BCUT2D eigenvalue weighted by molar-refractivity contribution is 5.92. The number of hydrogen-bond donors (Lipinski definition) is 1. The van der Waals surface area contributed by atoms with Gasteiger partial charge in [-0.1, -0.05) is 5.16 Å². The first kappa shape index (κ1) is 17.3. The fourth-order valence-corrected chi connectivity index (χ4v) is 4.03. The van der Waals surface area contributed by atoms with Crippen LogP contribution >= 0.6 is 0 Å². The van der Waals surface area contributed by atoms with Crippen LogP contribution in [0.3, 0.4) is 0 Å². The quantitative estimate of drug-likeness (QED) is 0.908. The average Bonchev–Trinajstić information content (AvgIpc) is 3.24. The molecule has 1 saturated heterocycles. The molecule has 1 amide bonds. The molecule has 1 unspecified atom stereocenters. The standard InChI is InChI=1S/C19H26N4O3/c1-13-3-4-18-14(2)23(10-9-22(13)18)19(25)17-11-16(26-20-17)12-21-7-5-15(24)6-8-21/h3-4,11,14-15,24H,5-10,12H2,1-2H3. The van der Waals surface area contributed by atoms with E-state index < -0.39 is 0 Å². The van der Waals surface area contributed by atoms with Crippen molar-refractivity contribution in [3.63, 3.8) is 0 Å². The van der Waals surface area contributed by atoms with Gasteiger partial charge in [0.25, 0.3) is 5.91 Å². The van der Waals surface area contributed by atoms with Gasteiger partial charge in [0.2, 0.25) is 0 Å². The first-order chi connectivity index (χ1) is 12.5. The molecule has 2 aromatic heterocycles. The zero-order valence-corrected chi connectivity index (χ0v) is 15.4. The Morgan fingerprint density at radius 3 is 2.81 bits per heavy atom. The Kier molecular flexibility index (Phi) is 4.58. The van der Waals surface area contributed by atoms with Crippen LogP contribution in [0.2, 0.25) is 0 Å². The van der Waals surface area contributed by atoms with E-state index in [9.17, 15) is 9.90 Å². The molecule has 0 saturated carbocycles. The van der Waals surface area contributed by atoms with Crippen LogP contribution in [0, 0.1) is 6.92 Å². The van der Waals surface area contributed by atoms with Gasteiger partial charge in [-0.15, -0.1) is 0 Å². The third-order valence-electron chi connectivity index (χ3n) is 5.67. The Labute approximate surface area is 153 Å². The van der Waals surface area contributed by atoms with Gasteiger partial charge in [-0.05, 0) is 38.8 Å². The number of aromatic nitrogens is 2. The smallest absolute Gasteiger partial charge is 0.276 e. The molecule has 2 aliphatic heterocycles. The van der Waals surface area contributed by atoms with Crippen LogP contribution in [0.5, 0.6) is 0 Å². The molecule has 140 valence electrons. The van der Waals surface area contributed by atoms with Gasteiger partial charge in [0.1, 0.15) is 0 Å². The molecule has 0 radical (unpaired) electrons. The van der Waals surface area contributed by atoms with Crippen LogP contribution in [-0.4, -0.2) is 56.3 Å². The van der Waals surface area contributed by atoms with Crippen LogP contribution < -0.4 is 0 Å². The number of piperidine rings is 1. The van der Waals surface area contributed by atoms with E-state index in [0.29, 0.717) is 24.5 Å². The summed E-state index contributed by atoms with van der Waals surface area (Å²) in [5, 5.41) is 13.6. The summed E-state index contributed by atoms with van der Waals surface area (Å²) in [6, 6.07) is 5.98. The highest BCUT2D eigenvalue weighted by Gasteiger charge is 2.31. The lowest BCUT2D eigenvalue weighted by atomic mass is 10.1. The SMILES string of the molecule is Cc1ccc2n1CCN(C(=O)c1cc(CN3CCC(O)CC3)on1)C2C. The van der Waals surface area contributed by atoms with E-state index in [0.717, 1.165) is 38.2 Å². The molecule has 1 atom stereocenters. The summed E-state index contributed by atoms with van der Waals surface area (Å²) in [6.07, 6.45) is 1.37. The Morgan fingerprint density at radius 2 is 2.04 bits per heavy atom. The fourth-order valence-electron chi connectivity index (χ4n) is 4.03. The molecular formula is C19H26N4O3. The summed E-state index contributed by atoms with van der Waals surface area (Å²) >= 11 is 0. The third-order valence-corrected chi connectivity index (χ3v) is 5.67. The highest BCUT2D eigenvalue weighted by atomic mass is 16.5. The second kappa shape index (κ2) is 6.89. The Bertz CT molecular complexity index is 789. The summed E-state index contributed by atoms with van der Waals surface area (Å²) in [5.74, 6) is 0.625. The van der Waals surface area contributed by atoms with Crippen LogP contribution in [0.4, 0.5) is 0 Å². The van der Waals surface area contributed by atoms with Gasteiger partial charge in [-0.25, -0.2) is 0 Å². The predicted molar refractivity (Wildman–Crippen MR) is 95.6 cm³/mol. The predicted octanol–water partition coefficient (Wildman–Crippen LogP) is 1.96. The van der Waals surface area contributed by atoms with Crippen molar-refractivity contribution in [2.24, 2.45) is 0 Å². The van der Waals surface area contributed by atoms with Gasteiger partial charge in [0, 0.05) is 43.6 Å². The number of hydrogen-bond acceptors (Lipinski definition) is 5. The van der Waals surface area contributed by atoms with E-state index in [1.54, 1.807) is 6.07 Å². The largest absolute Gasteiger partial charge is 0.393 e. The summed E-state index contributed by atoms with van der Waals surface area (Å²) in [5.41, 5.74) is 2.77. The minimum atomic E-state index is -0.193. The number of likely N-dealkylation sites (tertiary alicyclic amines) is 1. The summed E-state index contributed by atoms with van der Waals surface area (Å²) < 4.78 is 7.68. The molecule has 0 bridgehead atoms. The number of nitrogens with zero attached hydrogens (tertiary/aromatic N) is 4. The second-order valence-corrected chi connectivity index (χ2v) is 7.41. The van der Waals surface area contributed by atoms with Crippen LogP contribution in [0.25, 0.3) is 0 Å². The van der Waals surface area contributed by atoms with Crippen LogP contribution in [0.1, 0.15) is 53.4 Å². The van der Waals surface area contributed by atoms with Crippen molar-refractivity contribution in [1.29, 1.82) is 0 Å². The zero-order valence-electron chi connectivity index (χ0n) is 15.4. The van der Waals surface area contributed by atoms with Crippen molar-refractivity contribution >= 4 is 5.91 Å². The molecule has 1 fully saturated rings. The number of aryl methyl sites for hydroxylation is 1. The van der Waals surface area contributed by atoms with Gasteiger partial charge in [0.05, 0.1) is 18.7 Å². The molecular weight excluding hydrogens is 332 g/mol. The molecule has 4 heterocycles. The minimum absolute atomic E-state index is 0.0219. The Morgan fingerprint density at radius 1 is 1.27 bits per heavy atom. The topological polar surface area (TPSA) is 74.7 Å². The lowest BCUT2D eigenvalue weighted by Crippen LogP contribution is -2.41. The molecule has 4 rings (SSSR count). The van der Waals surface area contributed by atoms with Crippen molar-refractivity contribution in [2.75, 3.05) is 19.6 Å². The molecule has 1 N–H and O–H groups in total. The number of carbonyl (C=O) groups excluding carboxylic acids is 1. The van der Waals surface area contributed by atoms with Crippen molar-refractivity contribution in [1.82, 2.24) is 19.5 Å². The minimum Gasteiger partial charge on any atom is -0.393 e. The molecule has 2 aromatic rings. The van der Waals surface area contributed by atoms with Gasteiger partial charge >= 0.3 is 0 Å². The van der Waals surface area contributed by atoms with Crippen molar-refractivity contribution in [3.8, 4) is 0 Å². The normalized spacial score (nSPS) is 21.8. The van der Waals surface area contributed by atoms with Crippen LogP contribution in [0.15, 0.2) is 22.7 Å². The molecule has 0 aliphatic carbocycles.